The normalized spacial score (nSPS) is 17.1. The molecule has 0 aliphatic carbocycles. The summed E-state index contributed by atoms with van der Waals surface area (Å²) in [5.74, 6) is -0.137. The number of benzene rings is 1. The van der Waals surface area contributed by atoms with E-state index in [0.717, 1.165) is 11.3 Å². The number of amides is 1. The first-order valence-electron chi connectivity index (χ1n) is 8.10. The number of anilines is 1. The van der Waals surface area contributed by atoms with Crippen molar-refractivity contribution in [2.75, 3.05) is 4.90 Å². The van der Waals surface area contributed by atoms with Gasteiger partial charge in [-0.05, 0) is 59.8 Å². The van der Waals surface area contributed by atoms with Gasteiger partial charge in [-0.25, -0.2) is 9.98 Å². The molecule has 0 radical (unpaired) electrons. The minimum atomic E-state index is -0.137. The lowest BCUT2D eigenvalue weighted by Gasteiger charge is -2.15. The Morgan fingerprint density at radius 2 is 1.78 bits per heavy atom. The molecular formula is C20H13ClN4OS. The highest BCUT2D eigenvalue weighted by molar-refractivity contribution is 8.19. The van der Waals surface area contributed by atoms with Crippen molar-refractivity contribution in [3.8, 4) is 0 Å². The number of amidine groups is 1. The van der Waals surface area contributed by atoms with Crippen molar-refractivity contribution in [1.82, 2.24) is 9.97 Å². The van der Waals surface area contributed by atoms with E-state index >= 15 is 0 Å². The van der Waals surface area contributed by atoms with Gasteiger partial charge in [-0.15, -0.1) is 0 Å². The van der Waals surface area contributed by atoms with Crippen LogP contribution in [0.2, 0.25) is 5.15 Å². The summed E-state index contributed by atoms with van der Waals surface area (Å²) in [5, 5.41) is 0.819. The van der Waals surface area contributed by atoms with Crippen LogP contribution in [0.1, 0.15) is 5.56 Å². The van der Waals surface area contributed by atoms with Crippen molar-refractivity contribution < 1.29 is 4.79 Å². The summed E-state index contributed by atoms with van der Waals surface area (Å²) >= 11 is 7.45. The molecule has 0 spiro atoms. The van der Waals surface area contributed by atoms with Gasteiger partial charge in [0.1, 0.15) is 5.69 Å². The minimum Gasteiger partial charge on any atom is -0.268 e. The molecule has 1 aromatic carbocycles. The molecular weight excluding hydrogens is 380 g/mol. The topological polar surface area (TPSA) is 58.5 Å². The van der Waals surface area contributed by atoms with E-state index in [4.69, 9.17) is 11.6 Å². The van der Waals surface area contributed by atoms with Crippen LogP contribution in [0.25, 0.3) is 6.08 Å². The molecule has 132 valence electrons. The number of carbonyl (C=O) groups is 1. The van der Waals surface area contributed by atoms with Gasteiger partial charge in [-0.3, -0.25) is 14.7 Å². The van der Waals surface area contributed by atoms with Crippen LogP contribution in [0, 0.1) is 0 Å². The molecule has 0 atom stereocenters. The van der Waals surface area contributed by atoms with E-state index in [9.17, 15) is 4.79 Å². The first-order chi connectivity index (χ1) is 13.2. The van der Waals surface area contributed by atoms with E-state index in [0.29, 0.717) is 15.8 Å². The van der Waals surface area contributed by atoms with Crippen LogP contribution in [0.4, 0.5) is 11.4 Å². The Labute approximate surface area is 165 Å². The number of aromatic nitrogens is 2. The first-order valence-corrected chi connectivity index (χ1v) is 9.30. The number of hydrogen-bond donors (Lipinski definition) is 0. The molecule has 1 aliphatic rings. The molecule has 0 bridgehead atoms. The zero-order valence-corrected chi connectivity index (χ0v) is 15.6. The Morgan fingerprint density at radius 1 is 1.00 bits per heavy atom. The number of para-hydroxylation sites is 1. The zero-order valence-electron chi connectivity index (χ0n) is 14.0. The van der Waals surface area contributed by atoms with E-state index < -0.39 is 0 Å². The molecule has 1 amide bonds. The number of hydrogen-bond acceptors (Lipinski definition) is 5. The molecule has 27 heavy (non-hydrogen) atoms. The van der Waals surface area contributed by atoms with Crippen molar-refractivity contribution in [1.29, 1.82) is 0 Å². The predicted molar refractivity (Wildman–Crippen MR) is 110 cm³/mol. The summed E-state index contributed by atoms with van der Waals surface area (Å²) in [7, 11) is 0. The third-order valence-electron chi connectivity index (χ3n) is 3.78. The zero-order chi connectivity index (χ0) is 18.6. The van der Waals surface area contributed by atoms with E-state index in [2.05, 4.69) is 15.0 Å². The van der Waals surface area contributed by atoms with Gasteiger partial charge in [0.25, 0.3) is 5.91 Å². The highest BCUT2D eigenvalue weighted by Crippen LogP contribution is 2.37. The lowest BCUT2D eigenvalue weighted by atomic mass is 10.2. The minimum absolute atomic E-state index is 0.137. The molecule has 2 aromatic heterocycles. The average molecular weight is 393 g/mol. The van der Waals surface area contributed by atoms with Gasteiger partial charge < -0.3 is 0 Å². The van der Waals surface area contributed by atoms with Crippen LogP contribution < -0.4 is 4.90 Å². The van der Waals surface area contributed by atoms with E-state index in [1.807, 2.05) is 48.5 Å². The van der Waals surface area contributed by atoms with Gasteiger partial charge in [0.2, 0.25) is 0 Å². The number of aliphatic imine (C=N–C) groups is 1. The van der Waals surface area contributed by atoms with Gasteiger partial charge in [0.05, 0.1) is 10.6 Å². The number of rotatable bonds is 3. The molecule has 5 nitrogen and oxygen atoms in total. The second kappa shape index (κ2) is 7.73. The van der Waals surface area contributed by atoms with Crippen LogP contribution in [0.15, 0.2) is 83.1 Å². The fraction of sp³-hybridized carbons (Fsp3) is 0. The molecule has 4 rings (SSSR count). The van der Waals surface area contributed by atoms with Gasteiger partial charge in [-0.1, -0.05) is 29.8 Å². The first kappa shape index (κ1) is 17.5. The van der Waals surface area contributed by atoms with Crippen LogP contribution >= 0.6 is 23.4 Å². The maximum Gasteiger partial charge on any atom is 0.271 e. The summed E-state index contributed by atoms with van der Waals surface area (Å²) in [5.41, 5.74) is 2.15. The van der Waals surface area contributed by atoms with E-state index in [-0.39, 0.29) is 11.1 Å². The second-order valence-electron chi connectivity index (χ2n) is 5.58. The van der Waals surface area contributed by atoms with Gasteiger partial charge in [0, 0.05) is 18.6 Å². The molecule has 3 aromatic rings. The van der Waals surface area contributed by atoms with Crippen LogP contribution in [0.3, 0.4) is 0 Å². The summed E-state index contributed by atoms with van der Waals surface area (Å²) in [6.07, 6.45) is 6.81. The quantitative estimate of drug-likeness (QED) is 0.468. The number of thioether (sulfide) groups is 1. The number of halogens is 1. The standard InChI is InChI=1S/C20H13ClN4OS/c21-18-16(7-4-10-23-18)24-20-25(15-5-2-1-3-6-15)19(26)17(27-20)13-14-8-11-22-12-9-14/h1-13H/b17-13-,24-20?. The fourth-order valence-corrected chi connectivity index (χ4v) is 3.68. The molecule has 0 unspecified atom stereocenters. The maximum absolute atomic E-state index is 13.1. The second-order valence-corrected chi connectivity index (χ2v) is 6.94. The van der Waals surface area contributed by atoms with Gasteiger partial charge >= 0.3 is 0 Å². The van der Waals surface area contributed by atoms with Crippen LogP contribution in [0.5, 0.6) is 0 Å². The molecule has 0 saturated carbocycles. The summed E-state index contributed by atoms with van der Waals surface area (Å²) in [6.45, 7) is 0. The highest BCUT2D eigenvalue weighted by atomic mass is 35.5. The largest absolute Gasteiger partial charge is 0.271 e. The lowest BCUT2D eigenvalue weighted by molar-refractivity contribution is -0.113. The van der Waals surface area contributed by atoms with Crippen molar-refractivity contribution >= 4 is 51.9 Å². The van der Waals surface area contributed by atoms with E-state index in [1.165, 1.54) is 11.8 Å². The van der Waals surface area contributed by atoms with Crippen molar-refractivity contribution in [3.63, 3.8) is 0 Å². The van der Waals surface area contributed by atoms with Crippen molar-refractivity contribution in [2.45, 2.75) is 0 Å². The van der Waals surface area contributed by atoms with E-state index in [1.54, 1.807) is 35.6 Å². The number of nitrogens with zero attached hydrogens (tertiary/aromatic N) is 4. The molecule has 1 saturated heterocycles. The summed E-state index contributed by atoms with van der Waals surface area (Å²) in [6, 6.07) is 16.6. The highest BCUT2D eigenvalue weighted by Gasteiger charge is 2.34. The van der Waals surface area contributed by atoms with Crippen molar-refractivity contribution in [3.05, 3.63) is 88.8 Å². The summed E-state index contributed by atoms with van der Waals surface area (Å²) < 4.78 is 0. The SMILES string of the molecule is O=C1/C(=C/c2ccncc2)SC(=Nc2cccnc2Cl)N1c1ccccc1. The Hall–Kier alpha value is -2.96. The third-order valence-corrected chi connectivity index (χ3v) is 5.04. The Balaban J connectivity index is 1.79. The number of carbonyl (C=O) groups excluding carboxylic acids is 1. The summed E-state index contributed by atoms with van der Waals surface area (Å²) in [4.78, 5) is 27.9. The van der Waals surface area contributed by atoms with Gasteiger partial charge in [-0.2, -0.15) is 0 Å². The molecule has 7 heteroatoms. The monoisotopic (exact) mass is 392 g/mol. The molecule has 3 heterocycles. The Bertz CT molecular complexity index is 1040. The van der Waals surface area contributed by atoms with Gasteiger partial charge in [0.15, 0.2) is 10.3 Å². The fourth-order valence-electron chi connectivity index (χ4n) is 2.53. The Kier molecular flexibility index (Phi) is 5.00. The smallest absolute Gasteiger partial charge is 0.268 e. The number of pyridine rings is 2. The predicted octanol–water partition coefficient (Wildman–Crippen LogP) is 4.94. The molecule has 1 aliphatic heterocycles. The average Bonchev–Trinajstić information content (AvgIpc) is 3.00. The van der Waals surface area contributed by atoms with Crippen molar-refractivity contribution in [2.24, 2.45) is 4.99 Å². The Morgan fingerprint density at radius 3 is 2.52 bits per heavy atom. The van der Waals surface area contributed by atoms with Crippen LogP contribution in [-0.2, 0) is 4.79 Å². The molecule has 0 N–H and O–H groups in total. The maximum atomic E-state index is 13.1. The third kappa shape index (κ3) is 3.77. The lowest BCUT2D eigenvalue weighted by Crippen LogP contribution is -2.28. The molecule has 1 fully saturated rings. The van der Waals surface area contributed by atoms with Crippen LogP contribution in [-0.4, -0.2) is 21.0 Å².